The zero-order chi connectivity index (χ0) is 22.8. The van der Waals surface area contributed by atoms with E-state index < -0.39 is 0 Å². The molecule has 0 unspecified atom stereocenters. The van der Waals surface area contributed by atoms with Crippen molar-refractivity contribution in [1.82, 2.24) is 19.7 Å². The molecule has 0 spiro atoms. The van der Waals surface area contributed by atoms with Crippen molar-refractivity contribution in [3.63, 3.8) is 0 Å². The number of amides is 1. The fourth-order valence-electron chi connectivity index (χ4n) is 4.22. The van der Waals surface area contributed by atoms with Gasteiger partial charge in [0, 0.05) is 44.9 Å². The molecule has 168 valence electrons. The molecule has 1 N–H and O–H groups in total. The molecule has 5 rings (SSSR count). The van der Waals surface area contributed by atoms with E-state index in [1.165, 1.54) is 6.92 Å². The average molecular weight is 444 g/mol. The van der Waals surface area contributed by atoms with E-state index in [9.17, 15) is 4.79 Å². The van der Waals surface area contributed by atoms with Crippen LogP contribution in [-0.4, -0.2) is 58.9 Å². The van der Waals surface area contributed by atoms with E-state index in [2.05, 4.69) is 30.2 Å². The van der Waals surface area contributed by atoms with E-state index in [0.29, 0.717) is 0 Å². The first kappa shape index (κ1) is 20.7. The van der Waals surface area contributed by atoms with Crippen LogP contribution < -0.4 is 19.9 Å². The molecule has 2 aromatic heterocycles. The Kier molecular flexibility index (Phi) is 5.52. The van der Waals surface area contributed by atoms with Gasteiger partial charge in [-0.15, -0.1) is 0 Å². The Hall–Kier alpha value is -4.14. The smallest absolute Gasteiger partial charge is 0.221 e. The molecule has 0 bridgehead atoms. The number of nitrogens with zero attached hydrogens (tertiary/aromatic N) is 6. The van der Waals surface area contributed by atoms with Crippen LogP contribution in [0.5, 0.6) is 5.75 Å². The number of methoxy groups -OCH3 is 1. The lowest BCUT2D eigenvalue weighted by Gasteiger charge is -2.37. The summed E-state index contributed by atoms with van der Waals surface area (Å²) in [4.78, 5) is 25.0. The predicted octanol–water partition coefficient (Wildman–Crippen LogP) is 3.11. The van der Waals surface area contributed by atoms with Crippen LogP contribution in [0.2, 0.25) is 0 Å². The first-order valence-electron chi connectivity index (χ1n) is 10.8. The number of rotatable bonds is 5. The molecule has 4 aromatic rings. The van der Waals surface area contributed by atoms with Gasteiger partial charge in [-0.1, -0.05) is 18.2 Å². The molecule has 9 nitrogen and oxygen atoms in total. The first-order valence-corrected chi connectivity index (χ1v) is 10.8. The lowest BCUT2D eigenvalue weighted by Crippen LogP contribution is -2.47. The number of hydrogen-bond acceptors (Lipinski definition) is 7. The highest BCUT2D eigenvalue weighted by Gasteiger charge is 2.23. The monoisotopic (exact) mass is 443 g/mol. The molecule has 0 saturated carbocycles. The van der Waals surface area contributed by atoms with Gasteiger partial charge in [0.25, 0.3) is 0 Å². The van der Waals surface area contributed by atoms with Gasteiger partial charge in [-0.3, -0.25) is 4.79 Å². The first-order chi connectivity index (χ1) is 16.1. The molecule has 0 aliphatic carbocycles. The van der Waals surface area contributed by atoms with E-state index >= 15 is 0 Å². The van der Waals surface area contributed by atoms with Crippen LogP contribution in [0.3, 0.4) is 0 Å². The van der Waals surface area contributed by atoms with Crippen LogP contribution in [0.25, 0.3) is 16.7 Å². The minimum Gasteiger partial charge on any atom is -0.495 e. The van der Waals surface area contributed by atoms with Crippen molar-refractivity contribution >= 4 is 34.1 Å². The summed E-state index contributed by atoms with van der Waals surface area (Å²) in [6.07, 6.45) is 3.45. The summed E-state index contributed by atoms with van der Waals surface area (Å²) in [6.45, 7) is 4.73. The molecule has 1 saturated heterocycles. The molecule has 1 fully saturated rings. The number of hydrogen-bond donors (Lipinski definition) is 1. The summed E-state index contributed by atoms with van der Waals surface area (Å²) < 4.78 is 7.44. The standard InChI is InChI=1S/C24H25N7O2/c1-17(32)28-18-8-9-21(22(14-18)33-2)29-10-12-30(13-11-29)23-20-15-27-31(24(20)26-16-25-23)19-6-4-3-5-7-19/h3-9,14-16H,10-13H2,1-2H3,(H,28,32). The van der Waals surface area contributed by atoms with Gasteiger partial charge in [0.2, 0.25) is 5.91 Å². The fraction of sp³-hybridized carbons (Fsp3) is 0.250. The summed E-state index contributed by atoms with van der Waals surface area (Å²) in [6, 6.07) is 15.7. The maximum atomic E-state index is 11.4. The number of carbonyl (C=O) groups is 1. The second kappa shape index (κ2) is 8.78. The minimum atomic E-state index is -0.106. The Morgan fingerprint density at radius 3 is 2.48 bits per heavy atom. The molecular weight excluding hydrogens is 418 g/mol. The number of carbonyl (C=O) groups excluding carboxylic acids is 1. The third-order valence-electron chi connectivity index (χ3n) is 5.77. The van der Waals surface area contributed by atoms with Crippen LogP contribution in [0.4, 0.5) is 17.2 Å². The highest BCUT2D eigenvalue weighted by Crippen LogP contribution is 2.33. The van der Waals surface area contributed by atoms with E-state index in [1.54, 1.807) is 13.4 Å². The second-order valence-corrected chi connectivity index (χ2v) is 7.87. The van der Waals surface area contributed by atoms with Crippen LogP contribution in [0.1, 0.15) is 6.92 Å². The van der Waals surface area contributed by atoms with Gasteiger partial charge < -0.3 is 19.9 Å². The van der Waals surface area contributed by atoms with E-state index in [1.807, 2.05) is 59.4 Å². The lowest BCUT2D eigenvalue weighted by molar-refractivity contribution is -0.114. The van der Waals surface area contributed by atoms with Crippen molar-refractivity contribution in [3.05, 3.63) is 61.1 Å². The largest absolute Gasteiger partial charge is 0.495 e. The summed E-state index contributed by atoms with van der Waals surface area (Å²) >= 11 is 0. The maximum absolute atomic E-state index is 11.4. The van der Waals surface area contributed by atoms with Crippen LogP contribution in [-0.2, 0) is 4.79 Å². The zero-order valence-electron chi connectivity index (χ0n) is 18.6. The van der Waals surface area contributed by atoms with Gasteiger partial charge >= 0.3 is 0 Å². The number of ether oxygens (including phenoxy) is 1. The Bertz CT molecular complexity index is 1280. The number of anilines is 3. The van der Waals surface area contributed by atoms with Crippen LogP contribution in [0.15, 0.2) is 61.1 Å². The van der Waals surface area contributed by atoms with Crippen molar-refractivity contribution in [2.24, 2.45) is 0 Å². The van der Waals surface area contributed by atoms with Gasteiger partial charge in [-0.2, -0.15) is 5.10 Å². The topological polar surface area (TPSA) is 88.4 Å². The number of aromatic nitrogens is 4. The number of para-hydroxylation sites is 1. The molecule has 1 aliphatic heterocycles. The molecule has 1 aliphatic rings. The van der Waals surface area contributed by atoms with Crippen molar-refractivity contribution in [2.45, 2.75) is 6.92 Å². The maximum Gasteiger partial charge on any atom is 0.221 e. The zero-order valence-corrected chi connectivity index (χ0v) is 18.6. The molecule has 3 heterocycles. The second-order valence-electron chi connectivity index (χ2n) is 7.87. The third-order valence-corrected chi connectivity index (χ3v) is 5.77. The summed E-state index contributed by atoms with van der Waals surface area (Å²) in [5, 5.41) is 8.30. The fourth-order valence-corrected chi connectivity index (χ4v) is 4.22. The number of benzene rings is 2. The number of piperazine rings is 1. The molecule has 0 radical (unpaired) electrons. The van der Waals surface area contributed by atoms with E-state index in [4.69, 9.17) is 4.74 Å². The SMILES string of the molecule is COc1cc(NC(C)=O)ccc1N1CCN(c2ncnc3c2cnn3-c2ccccc2)CC1. The van der Waals surface area contributed by atoms with Crippen molar-refractivity contribution in [3.8, 4) is 11.4 Å². The minimum absolute atomic E-state index is 0.106. The lowest BCUT2D eigenvalue weighted by atomic mass is 10.2. The molecule has 1 amide bonds. The van der Waals surface area contributed by atoms with E-state index in [0.717, 1.165) is 65.8 Å². The van der Waals surface area contributed by atoms with Crippen molar-refractivity contribution < 1.29 is 9.53 Å². The van der Waals surface area contributed by atoms with Crippen molar-refractivity contribution in [1.29, 1.82) is 0 Å². The Labute approximate surface area is 191 Å². The molecule has 9 heteroatoms. The molecular formula is C24H25N7O2. The summed E-state index contributed by atoms with van der Waals surface area (Å²) in [5.74, 6) is 1.53. The third kappa shape index (κ3) is 4.05. The summed E-state index contributed by atoms with van der Waals surface area (Å²) in [7, 11) is 1.65. The molecule has 0 atom stereocenters. The average Bonchev–Trinajstić information content (AvgIpc) is 3.29. The Balaban J connectivity index is 1.36. The normalized spacial score (nSPS) is 13.9. The quantitative estimate of drug-likeness (QED) is 0.507. The van der Waals surface area contributed by atoms with Gasteiger partial charge in [-0.25, -0.2) is 14.6 Å². The number of nitrogens with one attached hydrogen (secondary N) is 1. The molecule has 2 aromatic carbocycles. The Morgan fingerprint density at radius 2 is 1.76 bits per heavy atom. The Morgan fingerprint density at radius 1 is 1.00 bits per heavy atom. The van der Waals surface area contributed by atoms with Crippen LogP contribution in [0, 0.1) is 0 Å². The predicted molar refractivity (Wildman–Crippen MR) is 128 cm³/mol. The van der Waals surface area contributed by atoms with Gasteiger partial charge in [0.15, 0.2) is 5.65 Å². The number of fused-ring (bicyclic) bond motifs is 1. The van der Waals surface area contributed by atoms with Gasteiger partial charge in [-0.05, 0) is 24.3 Å². The highest BCUT2D eigenvalue weighted by molar-refractivity contribution is 5.90. The highest BCUT2D eigenvalue weighted by atomic mass is 16.5. The molecule has 33 heavy (non-hydrogen) atoms. The summed E-state index contributed by atoms with van der Waals surface area (Å²) in [5.41, 5.74) is 3.50. The van der Waals surface area contributed by atoms with Crippen LogP contribution >= 0.6 is 0 Å². The van der Waals surface area contributed by atoms with Crippen molar-refractivity contribution in [2.75, 3.05) is 48.4 Å². The van der Waals surface area contributed by atoms with Gasteiger partial charge in [0.05, 0.1) is 30.1 Å². The van der Waals surface area contributed by atoms with Gasteiger partial charge in [0.1, 0.15) is 17.9 Å². The van der Waals surface area contributed by atoms with E-state index in [-0.39, 0.29) is 5.91 Å².